The van der Waals surface area contributed by atoms with Crippen molar-refractivity contribution in [2.75, 3.05) is 6.54 Å². The normalized spacial score (nSPS) is 11.5. The molecule has 1 amide bonds. The number of aryl methyl sites for hydroxylation is 2. The molecule has 0 unspecified atom stereocenters. The van der Waals surface area contributed by atoms with Gasteiger partial charge in [-0.05, 0) is 32.8 Å². The van der Waals surface area contributed by atoms with Crippen molar-refractivity contribution in [2.45, 2.75) is 39.2 Å². The summed E-state index contributed by atoms with van der Waals surface area (Å²) in [6.07, 6.45) is 2.93. The number of aromatic nitrogens is 2. The summed E-state index contributed by atoms with van der Waals surface area (Å²) in [7, 11) is 0. The molecule has 0 saturated heterocycles. The molecule has 0 aliphatic carbocycles. The highest BCUT2D eigenvalue weighted by molar-refractivity contribution is 5.77. The second kappa shape index (κ2) is 5.12. The zero-order valence-electron chi connectivity index (χ0n) is 10.1. The molecule has 0 radical (unpaired) electrons. The Morgan fingerprint density at radius 2 is 2.31 bits per heavy atom. The van der Waals surface area contributed by atoms with E-state index in [1.54, 1.807) is 6.20 Å². The van der Waals surface area contributed by atoms with Crippen molar-refractivity contribution in [3.63, 3.8) is 0 Å². The van der Waals surface area contributed by atoms with Gasteiger partial charge < -0.3 is 11.1 Å². The maximum Gasteiger partial charge on any atom is 0.220 e. The Bertz CT molecular complexity index is 357. The van der Waals surface area contributed by atoms with Crippen LogP contribution in [-0.2, 0) is 11.2 Å². The van der Waals surface area contributed by atoms with Crippen molar-refractivity contribution >= 4 is 5.91 Å². The Kier molecular flexibility index (Phi) is 4.06. The molecule has 0 bridgehead atoms. The van der Waals surface area contributed by atoms with Gasteiger partial charge in [-0.25, -0.2) is 0 Å². The van der Waals surface area contributed by atoms with E-state index in [1.165, 1.54) is 0 Å². The molecule has 4 N–H and O–H groups in total. The van der Waals surface area contributed by atoms with E-state index in [4.69, 9.17) is 5.73 Å². The first-order chi connectivity index (χ1) is 7.44. The molecule has 1 heterocycles. The number of hydrogen-bond acceptors (Lipinski definition) is 3. The van der Waals surface area contributed by atoms with Gasteiger partial charge in [0.15, 0.2) is 0 Å². The van der Waals surface area contributed by atoms with Crippen LogP contribution in [-0.4, -0.2) is 28.2 Å². The van der Waals surface area contributed by atoms with E-state index in [-0.39, 0.29) is 11.4 Å². The van der Waals surface area contributed by atoms with Gasteiger partial charge in [-0.3, -0.25) is 9.89 Å². The lowest BCUT2D eigenvalue weighted by Crippen LogP contribution is -2.48. The highest BCUT2D eigenvalue weighted by Gasteiger charge is 2.17. The third-order valence-electron chi connectivity index (χ3n) is 2.54. The van der Waals surface area contributed by atoms with Gasteiger partial charge in [0.05, 0.1) is 6.20 Å². The molecule has 1 aromatic rings. The highest BCUT2D eigenvalue weighted by Crippen LogP contribution is 2.06. The second-order valence-corrected chi connectivity index (χ2v) is 4.66. The van der Waals surface area contributed by atoms with Crippen LogP contribution >= 0.6 is 0 Å². The van der Waals surface area contributed by atoms with Crippen molar-refractivity contribution in [3.05, 3.63) is 17.5 Å². The number of nitrogens with zero attached hydrogens (tertiary/aromatic N) is 1. The fraction of sp³-hybridized carbons (Fsp3) is 0.636. The maximum absolute atomic E-state index is 11.6. The lowest BCUT2D eigenvalue weighted by molar-refractivity contribution is -0.122. The SMILES string of the molecule is Cc1[nH]ncc1CCC(=O)NC(C)(C)CN. The lowest BCUT2D eigenvalue weighted by Gasteiger charge is -2.24. The first-order valence-corrected chi connectivity index (χ1v) is 5.44. The molecule has 0 fully saturated rings. The van der Waals surface area contributed by atoms with Gasteiger partial charge in [0, 0.05) is 24.2 Å². The lowest BCUT2D eigenvalue weighted by atomic mass is 10.1. The molecule has 0 atom stereocenters. The summed E-state index contributed by atoms with van der Waals surface area (Å²) in [4.78, 5) is 11.6. The average Bonchev–Trinajstić information content (AvgIpc) is 2.60. The number of carbonyl (C=O) groups is 1. The number of amides is 1. The maximum atomic E-state index is 11.6. The third kappa shape index (κ3) is 3.66. The highest BCUT2D eigenvalue weighted by atomic mass is 16.1. The van der Waals surface area contributed by atoms with E-state index >= 15 is 0 Å². The largest absolute Gasteiger partial charge is 0.350 e. The fourth-order valence-corrected chi connectivity index (χ4v) is 1.37. The minimum Gasteiger partial charge on any atom is -0.350 e. The molecule has 90 valence electrons. The van der Waals surface area contributed by atoms with Gasteiger partial charge in [-0.2, -0.15) is 5.10 Å². The molecule has 0 aliphatic rings. The smallest absolute Gasteiger partial charge is 0.220 e. The van der Waals surface area contributed by atoms with Crippen LogP contribution in [0.2, 0.25) is 0 Å². The zero-order chi connectivity index (χ0) is 12.2. The third-order valence-corrected chi connectivity index (χ3v) is 2.54. The molecule has 5 heteroatoms. The summed E-state index contributed by atoms with van der Waals surface area (Å²) in [6.45, 7) is 6.20. The molecule has 0 aromatic carbocycles. The van der Waals surface area contributed by atoms with Crippen LogP contribution in [0.5, 0.6) is 0 Å². The average molecular weight is 224 g/mol. The van der Waals surface area contributed by atoms with E-state index in [9.17, 15) is 4.79 Å². The molecular weight excluding hydrogens is 204 g/mol. The Hall–Kier alpha value is -1.36. The number of H-pyrrole nitrogens is 1. The van der Waals surface area contributed by atoms with Crippen LogP contribution in [0.1, 0.15) is 31.5 Å². The minimum absolute atomic E-state index is 0.0241. The number of aromatic amines is 1. The van der Waals surface area contributed by atoms with Crippen molar-refractivity contribution in [1.82, 2.24) is 15.5 Å². The number of carbonyl (C=O) groups excluding carboxylic acids is 1. The van der Waals surface area contributed by atoms with E-state index < -0.39 is 0 Å². The van der Waals surface area contributed by atoms with Crippen molar-refractivity contribution in [2.24, 2.45) is 5.73 Å². The van der Waals surface area contributed by atoms with Gasteiger partial charge in [0.1, 0.15) is 0 Å². The number of hydrogen-bond donors (Lipinski definition) is 3. The van der Waals surface area contributed by atoms with Crippen molar-refractivity contribution in [3.8, 4) is 0 Å². The monoisotopic (exact) mass is 224 g/mol. The quantitative estimate of drug-likeness (QED) is 0.681. The Morgan fingerprint density at radius 3 is 2.81 bits per heavy atom. The van der Waals surface area contributed by atoms with Crippen LogP contribution < -0.4 is 11.1 Å². The van der Waals surface area contributed by atoms with E-state index in [0.717, 1.165) is 11.3 Å². The van der Waals surface area contributed by atoms with E-state index in [0.29, 0.717) is 19.4 Å². The first-order valence-electron chi connectivity index (χ1n) is 5.44. The Labute approximate surface area is 95.8 Å². The summed E-state index contributed by atoms with van der Waals surface area (Å²) < 4.78 is 0. The van der Waals surface area contributed by atoms with Gasteiger partial charge in [0.2, 0.25) is 5.91 Å². The zero-order valence-corrected chi connectivity index (χ0v) is 10.1. The van der Waals surface area contributed by atoms with E-state index in [1.807, 2.05) is 20.8 Å². The molecule has 16 heavy (non-hydrogen) atoms. The molecule has 5 nitrogen and oxygen atoms in total. The van der Waals surface area contributed by atoms with Crippen LogP contribution in [0, 0.1) is 6.92 Å². The summed E-state index contributed by atoms with van der Waals surface area (Å²) in [5, 5.41) is 9.66. The van der Waals surface area contributed by atoms with Gasteiger partial charge in [-0.1, -0.05) is 0 Å². The molecule has 0 spiro atoms. The summed E-state index contributed by atoms with van der Waals surface area (Å²) in [5.74, 6) is 0.0241. The standard InChI is InChI=1S/C11H20N4O/c1-8-9(6-13-15-8)4-5-10(16)14-11(2,3)7-12/h6H,4-5,7,12H2,1-3H3,(H,13,15)(H,14,16). The summed E-state index contributed by atoms with van der Waals surface area (Å²) in [6, 6.07) is 0. The molecule has 1 aromatic heterocycles. The van der Waals surface area contributed by atoms with Crippen LogP contribution in [0.25, 0.3) is 0 Å². The number of nitrogens with one attached hydrogen (secondary N) is 2. The molecular formula is C11H20N4O. The molecule has 0 aliphatic heterocycles. The Balaban J connectivity index is 2.39. The second-order valence-electron chi connectivity index (χ2n) is 4.66. The summed E-state index contributed by atoms with van der Waals surface area (Å²) in [5.41, 5.74) is 7.31. The van der Waals surface area contributed by atoms with Crippen LogP contribution in [0.4, 0.5) is 0 Å². The number of rotatable bonds is 5. The van der Waals surface area contributed by atoms with E-state index in [2.05, 4.69) is 15.5 Å². The number of nitrogens with two attached hydrogens (primary N) is 1. The van der Waals surface area contributed by atoms with Crippen molar-refractivity contribution in [1.29, 1.82) is 0 Å². The predicted molar refractivity (Wildman–Crippen MR) is 62.9 cm³/mol. The van der Waals surface area contributed by atoms with Crippen LogP contribution in [0.15, 0.2) is 6.20 Å². The Morgan fingerprint density at radius 1 is 1.62 bits per heavy atom. The molecule has 1 rings (SSSR count). The molecule has 0 saturated carbocycles. The minimum atomic E-state index is -0.331. The first kappa shape index (κ1) is 12.7. The van der Waals surface area contributed by atoms with Gasteiger partial charge in [0.25, 0.3) is 0 Å². The van der Waals surface area contributed by atoms with Crippen LogP contribution in [0.3, 0.4) is 0 Å². The van der Waals surface area contributed by atoms with Crippen molar-refractivity contribution < 1.29 is 4.79 Å². The predicted octanol–water partition coefficient (Wildman–Crippen LogP) is 0.504. The summed E-state index contributed by atoms with van der Waals surface area (Å²) >= 11 is 0. The topological polar surface area (TPSA) is 83.8 Å². The fourth-order valence-electron chi connectivity index (χ4n) is 1.37. The van der Waals surface area contributed by atoms with Gasteiger partial charge in [-0.15, -0.1) is 0 Å². The van der Waals surface area contributed by atoms with Gasteiger partial charge >= 0.3 is 0 Å².